The number of aromatic nitrogens is 4. The summed E-state index contributed by atoms with van der Waals surface area (Å²) in [4.78, 5) is 16.1. The summed E-state index contributed by atoms with van der Waals surface area (Å²) in [6.07, 6.45) is 9.72. The van der Waals surface area contributed by atoms with E-state index in [1.807, 2.05) is 40.7 Å². The van der Waals surface area contributed by atoms with Gasteiger partial charge >= 0.3 is 0 Å². The van der Waals surface area contributed by atoms with E-state index >= 15 is 0 Å². The van der Waals surface area contributed by atoms with Crippen molar-refractivity contribution in [3.05, 3.63) is 53.8 Å². The standard InChI is InChI=1S/C23H25N5O3S2/c1-3-16-13-24-22(25-14-16)27-9-7-18(8-10-27)31-23-26-21(15-32-23)28-11-6-17-12-19(33(2,29)30)4-5-20(17)28/h4-6,11-15,18H,3,7-10H2,1-2H3. The van der Waals surface area contributed by atoms with Crippen LogP contribution in [0.5, 0.6) is 5.19 Å². The van der Waals surface area contributed by atoms with Crippen LogP contribution in [-0.4, -0.2) is 53.4 Å². The number of benzene rings is 1. The van der Waals surface area contributed by atoms with Crippen LogP contribution in [0, 0.1) is 0 Å². The number of piperidine rings is 1. The highest BCUT2D eigenvalue weighted by molar-refractivity contribution is 7.90. The summed E-state index contributed by atoms with van der Waals surface area (Å²) >= 11 is 1.47. The van der Waals surface area contributed by atoms with Crippen LogP contribution in [0.3, 0.4) is 0 Å². The number of hydrogen-bond acceptors (Lipinski definition) is 8. The van der Waals surface area contributed by atoms with Crippen LogP contribution in [-0.2, 0) is 16.3 Å². The number of anilines is 1. The Kier molecular flexibility index (Phi) is 5.79. The molecule has 0 aliphatic carbocycles. The van der Waals surface area contributed by atoms with Crippen molar-refractivity contribution in [3.8, 4) is 11.0 Å². The van der Waals surface area contributed by atoms with Gasteiger partial charge in [-0.15, -0.1) is 0 Å². The summed E-state index contributed by atoms with van der Waals surface area (Å²) in [5.41, 5.74) is 2.05. The minimum Gasteiger partial charge on any atom is -0.467 e. The van der Waals surface area contributed by atoms with E-state index in [0.29, 0.717) is 10.1 Å². The van der Waals surface area contributed by atoms with Gasteiger partial charge in [-0.1, -0.05) is 18.3 Å². The van der Waals surface area contributed by atoms with Crippen LogP contribution in [0.2, 0.25) is 0 Å². The Labute approximate surface area is 196 Å². The van der Waals surface area contributed by atoms with E-state index in [9.17, 15) is 8.42 Å². The molecule has 4 heterocycles. The Morgan fingerprint density at radius 2 is 1.91 bits per heavy atom. The van der Waals surface area contributed by atoms with E-state index in [1.165, 1.54) is 17.6 Å². The molecule has 1 saturated heterocycles. The molecule has 1 aliphatic heterocycles. The molecule has 8 nitrogen and oxygen atoms in total. The van der Waals surface area contributed by atoms with Gasteiger partial charge in [0.1, 0.15) is 6.10 Å². The number of sulfone groups is 1. The molecule has 0 bridgehead atoms. The first-order chi connectivity index (χ1) is 15.9. The van der Waals surface area contributed by atoms with Gasteiger partial charge < -0.3 is 14.2 Å². The predicted molar refractivity (Wildman–Crippen MR) is 129 cm³/mol. The fraction of sp³-hybridized carbons (Fsp3) is 0.348. The van der Waals surface area contributed by atoms with Gasteiger partial charge in [-0.2, -0.15) is 4.98 Å². The number of hydrogen-bond donors (Lipinski definition) is 0. The summed E-state index contributed by atoms with van der Waals surface area (Å²) in [7, 11) is -3.24. The third-order valence-corrected chi connectivity index (χ3v) is 7.73. The smallest absolute Gasteiger partial charge is 0.275 e. The third kappa shape index (κ3) is 4.58. The van der Waals surface area contributed by atoms with Crippen molar-refractivity contribution in [2.45, 2.75) is 37.2 Å². The van der Waals surface area contributed by atoms with Crippen LogP contribution >= 0.6 is 11.3 Å². The maximum Gasteiger partial charge on any atom is 0.275 e. The zero-order valence-corrected chi connectivity index (χ0v) is 20.1. The Hall–Kier alpha value is -2.98. The molecule has 33 heavy (non-hydrogen) atoms. The number of aryl methyl sites for hydroxylation is 1. The molecule has 1 fully saturated rings. The Balaban J connectivity index is 1.24. The molecular formula is C23H25N5O3S2. The summed E-state index contributed by atoms with van der Waals surface area (Å²) in [6.45, 7) is 3.79. The number of ether oxygens (including phenoxy) is 1. The first-order valence-corrected chi connectivity index (χ1v) is 13.7. The average molecular weight is 484 g/mol. The highest BCUT2D eigenvalue weighted by atomic mass is 32.2. The lowest BCUT2D eigenvalue weighted by Gasteiger charge is -2.31. The van der Waals surface area contributed by atoms with Crippen LogP contribution < -0.4 is 9.64 Å². The molecular weight excluding hydrogens is 458 g/mol. The molecule has 0 spiro atoms. The molecule has 0 amide bonds. The van der Waals surface area contributed by atoms with Crippen LogP contribution in [0.15, 0.2) is 53.1 Å². The van der Waals surface area contributed by atoms with Gasteiger partial charge in [-0.05, 0) is 36.2 Å². The lowest BCUT2D eigenvalue weighted by Crippen LogP contribution is -2.39. The van der Waals surface area contributed by atoms with Crippen molar-refractivity contribution >= 4 is 38.0 Å². The molecule has 0 unspecified atom stereocenters. The van der Waals surface area contributed by atoms with E-state index in [-0.39, 0.29) is 6.10 Å². The monoisotopic (exact) mass is 483 g/mol. The molecule has 3 aromatic heterocycles. The quantitative estimate of drug-likeness (QED) is 0.411. The minimum absolute atomic E-state index is 0.105. The highest BCUT2D eigenvalue weighted by Crippen LogP contribution is 2.29. The number of fused-ring (bicyclic) bond motifs is 1. The second-order valence-electron chi connectivity index (χ2n) is 8.20. The van der Waals surface area contributed by atoms with Gasteiger partial charge in [0, 0.05) is 61.5 Å². The second-order valence-corrected chi connectivity index (χ2v) is 11.0. The SMILES string of the molecule is CCc1cnc(N2CCC(Oc3nc(-n4ccc5cc(S(C)(=O)=O)ccc54)cs3)CC2)nc1. The fourth-order valence-electron chi connectivity index (χ4n) is 3.98. The van der Waals surface area contributed by atoms with Gasteiger partial charge in [0.2, 0.25) is 5.95 Å². The largest absolute Gasteiger partial charge is 0.467 e. The summed E-state index contributed by atoms with van der Waals surface area (Å²) in [5.74, 6) is 1.54. The summed E-state index contributed by atoms with van der Waals surface area (Å²) in [6, 6.07) is 7.04. The van der Waals surface area contributed by atoms with E-state index in [1.54, 1.807) is 12.1 Å². The Morgan fingerprint density at radius 1 is 1.15 bits per heavy atom. The van der Waals surface area contributed by atoms with Gasteiger partial charge in [-0.3, -0.25) is 0 Å². The molecule has 4 aromatic rings. The third-order valence-electron chi connectivity index (χ3n) is 5.90. The van der Waals surface area contributed by atoms with E-state index < -0.39 is 9.84 Å². The number of thiazole rings is 1. The Bertz CT molecular complexity index is 1370. The van der Waals surface area contributed by atoms with Gasteiger partial charge in [0.15, 0.2) is 15.7 Å². The van der Waals surface area contributed by atoms with Crippen molar-refractivity contribution in [2.24, 2.45) is 0 Å². The van der Waals surface area contributed by atoms with E-state index in [2.05, 4.69) is 26.8 Å². The Morgan fingerprint density at radius 3 is 2.61 bits per heavy atom. The molecule has 0 atom stereocenters. The summed E-state index contributed by atoms with van der Waals surface area (Å²) < 4.78 is 31.8. The highest BCUT2D eigenvalue weighted by Gasteiger charge is 2.23. The molecule has 172 valence electrons. The van der Waals surface area contributed by atoms with Crippen molar-refractivity contribution in [2.75, 3.05) is 24.2 Å². The van der Waals surface area contributed by atoms with Gasteiger partial charge in [0.25, 0.3) is 5.19 Å². The number of nitrogens with zero attached hydrogens (tertiary/aromatic N) is 5. The normalized spacial score (nSPS) is 15.3. The molecule has 0 saturated carbocycles. The van der Waals surface area contributed by atoms with Crippen molar-refractivity contribution in [3.63, 3.8) is 0 Å². The van der Waals surface area contributed by atoms with Crippen molar-refractivity contribution in [1.29, 1.82) is 0 Å². The van der Waals surface area contributed by atoms with Crippen molar-refractivity contribution < 1.29 is 13.2 Å². The molecule has 1 aromatic carbocycles. The lowest BCUT2D eigenvalue weighted by atomic mass is 10.1. The second kappa shape index (κ2) is 8.75. The topological polar surface area (TPSA) is 90.2 Å². The van der Waals surface area contributed by atoms with Crippen LogP contribution in [0.25, 0.3) is 16.7 Å². The average Bonchev–Trinajstić information content (AvgIpc) is 3.45. The first-order valence-electron chi connectivity index (χ1n) is 10.9. The van der Waals surface area contributed by atoms with Crippen LogP contribution in [0.1, 0.15) is 25.3 Å². The fourth-order valence-corrected chi connectivity index (χ4v) is 5.34. The molecule has 1 aliphatic rings. The maximum absolute atomic E-state index is 11.8. The predicted octanol–water partition coefficient (Wildman–Crippen LogP) is 3.89. The molecule has 0 N–H and O–H groups in total. The summed E-state index contributed by atoms with van der Waals surface area (Å²) in [5, 5.41) is 3.45. The molecule has 0 radical (unpaired) electrons. The van der Waals surface area contributed by atoms with Gasteiger partial charge in [0.05, 0.1) is 10.4 Å². The molecule has 5 rings (SSSR count). The van der Waals surface area contributed by atoms with Crippen molar-refractivity contribution in [1.82, 2.24) is 19.5 Å². The lowest BCUT2D eigenvalue weighted by molar-refractivity contribution is 0.170. The van der Waals surface area contributed by atoms with E-state index in [0.717, 1.165) is 60.6 Å². The molecule has 10 heteroatoms. The minimum atomic E-state index is -3.24. The zero-order chi connectivity index (χ0) is 23.0. The van der Waals surface area contributed by atoms with Gasteiger partial charge in [-0.25, -0.2) is 18.4 Å². The van der Waals surface area contributed by atoms with Crippen LogP contribution in [0.4, 0.5) is 5.95 Å². The maximum atomic E-state index is 11.8. The zero-order valence-electron chi connectivity index (χ0n) is 18.5. The first kappa shape index (κ1) is 21.8. The van der Waals surface area contributed by atoms with E-state index in [4.69, 9.17) is 4.74 Å². The number of rotatable bonds is 6.